The van der Waals surface area contributed by atoms with Crippen LogP contribution in [0.3, 0.4) is 0 Å². The van der Waals surface area contributed by atoms with Crippen molar-refractivity contribution in [2.75, 3.05) is 13.7 Å². The van der Waals surface area contributed by atoms with E-state index in [1.165, 1.54) is 6.42 Å². The van der Waals surface area contributed by atoms with Crippen molar-refractivity contribution in [1.82, 2.24) is 10.6 Å². The molecule has 6 heteroatoms. The van der Waals surface area contributed by atoms with E-state index in [4.69, 9.17) is 9.47 Å². The molecule has 25 heavy (non-hydrogen) atoms. The number of benzene rings is 1. The Kier molecular flexibility index (Phi) is 5.91. The van der Waals surface area contributed by atoms with Crippen molar-refractivity contribution < 1.29 is 19.1 Å². The number of ether oxygens (including phenoxy) is 2. The molecule has 1 aliphatic carbocycles. The lowest BCUT2D eigenvalue weighted by atomic mass is 9.94. The number of methoxy groups -OCH3 is 1. The molecular formula is C19H26N2O4. The van der Waals surface area contributed by atoms with Gasteiger partial charge < -0.3 is 14.8 Å². The molecule has 0 unspecified atom stereocenters. The van der Waals surface area contributed by atoms with E-state index in [9.17, 15) is 9.59 Å². The maximum absolute atomic E-state index is 12.9. The molecule has 1 saturated carbocycles. The summed E-state index contributed by atoms with van der Waals surface area (Å²) in [4.78, 5) is 24.7. The quantitative estimate of drug-likeness (QED) is 0.772. The molecule has 3 rings (SSSR count). The normalized spacial score (nSPS) is 22.3. The molecule has 1 amide bonds. The van der Waals surface area contributed by atoms with Crippen LogP contribution < -0.4 is 15.4 Å². The van der Waals surface area contributed by atoms with Crippen LogP contribution in [0.25, 0.3) is 0 Å². The van der Waals surface area contributed by atoms with Crippen LogP contribution in [0.4, 0.5) is 0 Å². The Hall–Kier alpha value is -2.08. The predicted octanol–water partition coefficient (Wildman–Crippen LogP) is 2.09. The first-order valence-corrected chi connectivity index (χ1v) is 9.04. The molecule has 0 radical (unpaired) electrons. The summed E-state index contributed by atoms with van der Waals surface area (Å²) in [5.74, 6) is 0.358. The van der Waals surface area contributed by atoms with Crippen molar-refractivity contribution in [2.45, 2.75) is 56.7 Å². The van der Waals surface area contributed by atoms with Crippen molar-refractivity contribution in [1.29, 1.82) is 0 Å². The van der Waals surface area contributed by atoms with Crippen molar-refractivity contribution in [2.24, 2.45) is 0 Å². The molecule has 1 aliphatic heterocycles. The number of rotatable bonds is 6. The number of esters is 1. The minimum Gasteiger partial charge on any atom is -0.497 e. The molecule has 0 spiro atoms. The van der Waals surface area contributed by atoms with Gasteiger partial charge >= 0.3 is 5.97 Å². The zero-order valence-corrected chi connectivity index (χ0v) is 14.6. The number of carbonyl (C=O) groups excluding carboxylic acids is 2. The van der Waals surface area contributed by atoms with Crippen LogP contribution in [0.5, 0.6) is 5.75 Å². The van der Waals surface area contributed by atoms with Gasteiger partial charge in [0.1, 0.15) is 17.8 Å². The fourth-order valence-electron chi connectivity index (χ4n) is 3.50. The maximum atomic E-state index is 12.9. The van der Waals surface area contributed by atoms with Gasteiger partial charge in [0.15, 0.2) is 0 Å². The third-order valence-electron chi connectivity index (χ3n) is 4.97. The van der Waals surface area contributed by atoms with E-state index < -0.39 is 12.1 Å². The van der Waals surface area contributed by atoms with Crippen LogP contribution in [0.1, 0.15) is 50.1 Å². The highest BCUT2D eigenvalue weighted by Crippen LogP contribution is 2.22. The van der Waals surface area contributed by atoms with Gasteiger partial charge in [-0.05, 0) is 30.5 Å². The SMILES string of the molecule is COc1ccc([C@@H](N[C@H]2CCOC2=O)C(=O)NC2CCCCC2)cc1. The third-order valence-corrected chi connectivity index (χ3v) is 4.97. The number of amides is 1. The van der Waals surface area contributed by atoms with E-state index >= 15 is 0 Å². The number of hydrogen-bond acceptors (Lipinski definition) is 5. The Bertz CT molecular complexity index is 596. The summed E-state index contributed by atoms with van der Waals surface area (Å²) >= 11 is 0. The summed E-state index contributed by atoms with van der Waals surface area (Å²) in [5, 5.41) is 6.33. The van der Waals surface area contributed by atoms with E-state index in [1.807, 2.05) is 24.3 Å². The highest BCUT2D eigenvalue weighted by Gasteiger charge is 2.32. The second-order valence-electron chi connectivity index (χ2n) is 6.73. The largest absolute Gasteiger partial charge is 0.497 e. The van der Waals surface area contributed by atoms with Gasteiger partial charge in [-0.15, -0.1) is 0 Å². The molecular weight excluding hydrogens is 320 g/mol. The summed E-state index contributed by atoms with van der Waals surface area (Å²) in [7, 11) is 1.61. The second kappa shape index (κ2) is 8.34. The lowest BCUT2D eigenvalue weighted by Crippen LogP contribution is -2.47. The smallest absolute Gasteiger partial charge is 0.323 e. The lowest BCUT2D eigenvalue weighted by molar-refractivity contribution is -0.140. The summed E-state index contributed by atoms with van der Waals surface area (Å²) < 4.78 is 10.2. The van der Waals surface area contributed by atoms with Crippen LogP contribution >= 0.6 is 0 Å². The molecule has 2 aliphatic rings. The molecule has 1 aromatic rings. The minimum atomic E-state index is -0.580. The number of hydrogen-bond donors (Lipinski definition) is 2. The van der Waals surface area contributed by atoms with Gasteiger partial charge in [-0.1, -0.05) is 31.4 Å². The molecule has 136 valence electrons. The summed E-state index contributed by atoms with van der Waals surface area (Å²) in [6.07, 6.45) is 6.17. The van der Waals surface area contributed by atoms with E-state index in [0.29, 0.717) is 13.0 Å². The highest BCUT2D eigenvalue weighted by atomic mass is 16.5. The average Bonchev–Trinajstić information content (AvgIpc) is 3.05. The van der Waals surface area contributed by atoms with Crippen molar-refractivity contribution in [3.8, 4) is 5.75 Å². The molecule has 6 nitrogen and oxygen atoms in total. The summed E-state index contributed by atoms with van der Waals surface area (Å²) in [5.41, 5.74) is 0.814. The van der Waals surface area contributed by atoms with E-state index in [-0.39, 0.29) is 17.9 Å². The van der Waals surface area contributed by atoms with Gasteiger partial charge in [-0.3, -0.25) is 14.9 Å². The summed E-state index contributed by atoms with van der Waals surface area (Å²) in [6.45, 7) is 0.399. The molecule has 0 aromatic heterocycles. The van der Waals surface area contributed by atoms with Crippen molar-refractivity contribution in [3.63, 3.8) is 0 Å². The zero-order chi connectivity index (χ0) is 17.6. The molecule has 2 atom stereocenters. The Morgan fingerprint density at radius 1 is 1.16 bits per heavy atom. The second-order valence-corrected chi connectivity index (χ2v) is 6.73. The van der Waals surface area contributed by atoms with Gasteiger partial charge in [0.25, 0.3) is 0 Å². The molecule has 1 aromatic carbocycles. The Morgan fingerprint density at radius 3 is 2.48 bits per heavy atom. The third kappa shape index (κ3) is 4.51. The summed E-state index contributed by atoms with van der Waals surface area (Å²) in [6, 6.07) is 6.57. The Labute approximate surface area is 148 Å². The highest BCUT2D eigenvalue weighted by molar-refractivity contribution is 5.85. The van der Waals surface area contributed by atoms with Gasteiger partial charge in [-0.25, -0.2) is 0 Å². The molecule has 1 saturated heterocycles. The van der Waals surface area contributed by atoms with Crippen LogP contribution in [0.15, 0.2) is 24.3 Å². The zero-order valence-electron chi connectivity index (χ0n) is 14.6. The van der Waals surface area contributed by atoms with Crippen molar-refractivity contribution >= 4 is 11.9 Å². The van der Waals surface area contributed by atoms with Crippen LogP contribution in [-0.4, -0.2) is 37.7 Å². The topological polar surface area (TPSA) is 76.7 Å². The van der Waals surface area contributed by atoms with Crippen LogP contribution in [0.2, 0.25) is 0 Å². The molecule has 2 N–H and O–H groups in total. The fourth-order valence-corrected chi connectivity index (χ4v) is 3.50. The maximum Gasteiger partial charge on any atom is 0.323 e. The standard InChI is InChI=1S/C19H26N2O4/c1-24-15-9-7-13(8-10-15)17(21-16-11-12-25-19(16)23)18(22)20-14-5-3-2-4-6-14/h7-10,14,16-17,21H,2-6,11-12H2,1H3,(H,20,22)/t16-,17+/m0/s1. The van der Waals surface area contributed by atoms with Gasteiger partial charge in [0, 0.05) is 12.5 Å². The molecule has 2 fully saturated rings. The number of cyclic esters (lactones) is 1. The van der Waals surface area contributed by atoms with Crippen LogP contribution in [-0.2, 0) is 14.3 Å². The fraction of sp³-hybridized carbons (Fsp3) is 0.579. The Balaban J connectivity index is 1.74. The predicted molar refractivity (Wildman–Crippen MR) is 93.3 cm³/mol. The van der Waals surface area contributed by atoms with E-state index in [0.717, 1.165) is 37.0 Å². The minimum absolute atomic E-state index is 0.0863. The van der Waals surface area contributed by atoms with Gasteiger partial charge in [-0.2, -0.15) is 0 Å². The first-order valence-electron chi connectivity index (χ1n) is 9.04. The first kappa shape index (κ1) is 17.7. The molecule has 1 heterocycles. The monoisotopic (exact) mass is 346 g/mol. The van der Waals surface area contributed by atoms with E-state index in [1.54, 1.807) is 7.11 Å². The lowest BCUT2D eigenvalue weighted by Gasteiger charge is -2.27. The first-order chi connectivity index (χ1) is 12.2. The molecule has 0 bridgehead atoms. The van der Waals surface area contributed by atoms with Crippen molar-refractivity contribution in [3.05, 3.63) is 29.8 Å². The average molecular weight is 346 g/mol. The van der Waals surface area contributed by atoms with Crippen LogP contribution in [0, 0.1) is 0 Å². The Morgan fingerprint density at radius 2 is 1.88 bits per heavy atom. The number of nitrogens with one attached hydrogen (secondary N) is 2. The van der Waals surface area contributed by atoms with Gasteiger partial charge in [0.05, 0.1) is 13.7 Å². The van der Waals surface area contributed by atoms with E-state index in [2.05, 4.69) is 10.6 Å². The van der Waals surface area contributed by atoms with Gasteiger partial charge in [0.2, 0.25) is 5.91 Å². The number of carbonyl (C=O) groups is 2.